The number of halogens is 2. The number of para-hydroxylation sites is 1. The van der Waals surface area contributed by atoms with Gasteiger partial charge in [-0.1, -0.05) is 25.8 Å². The molecule has 17 heavy (non-hydrogen) atoms. The predicted molar refractivity (Wildman–Crippen MR) is 70.1 cm³/mol. The SMILES string of the molecule is CCCCCNC(=S)Nc1c(F)cccc1F. The highest BCUT2D eigenvalue weighted by Gasteiger charge is 2.08. The number of hydrogen-bond donors (Lipinski definition) is 2. The Balaban J connectivity index is 2.45. The van der Waals surface area contributed by atoms with Crippen molar-refractivity contribution in [3.8, 4) is 0 Å². The highest BCUT2D eigenvalue weighted by atomic mass is 32.1. The minimum absolute atomic E-state index is 0.208. The minimum Gasteiger partial charge on any atom is -0.362 e. The summed E-state index contributed by atoms with van der Waals surface area (Å²) in [5, 5.41) is 5.67. The highest BCUT2D eigenvalue weighted by Crippen LogP contribution is 2.17. The summed E-state index contributed by atoms with van der Waals surface area (Å²) in [6.07, 6.45) is 3.20. The second-order valence-corrected chi connectivity index (χ2v) is 4.09. The molecule has 0 amide bonds. The molecule has 0 radical (unpaired) electrons. The highest BCUT2D eigenvalue weighted by molar-refractivity contribution is 7.80. The molecule has 0 saturated carbocycles. The van der Waals surface area contributed by atoms with Crippen LogP contribution in [0.2, 0.25) is 0 Å². The number of thiocarbonyl (C=S) groups is 1. The molecule has 0 spiro atoms. The maximum atomic E-state index is 13.3. The molecule has 0 aliphatic carbocycles. The van der Waals surface area contributed by atoms with Crippen LogP contribution in [0.5, 0.6) is 0 Å². The van der Waals surface area contributed by atoms with Gasteiger partial charge in [-0.3, -0.25) is 0 Å². The zero-order valence-electron chi connectivity index (χ0n) is 9.72. The summed E-state index contributed by atoms with van der Waals surface area (Å²) < 4.78 is 26.5. The molecule has 1 aromatic carbocycles. The Morgan fingerprint density at radius 1 is 1.24 bits per heavy atom. The topological polar surface area (TPSA) is 24.1 Å². The van der Waals surface area contributed by atoms with E-state index in [4.69, 9.17) is 12.2 Å². The lowest BCUT2D eigenvalue weighted by atomic mass is 10.2. The summed E-state index contributed by atoms with van der Waals surface area (Å²) in [6.45, 7) is 2.81. The van der Waals surface area contributed by atoms with Gasteiger partial charge in [-0.25, -0.2) is 8.78 Å². The van der Waals surface area contributed by atoms with Crippen molar-refractivity contribution in [1.82, 2.24) is 5.32 Å². The Bertz CT molecular complexity index is 363. The minimum atomic E-state index is -0.650. The lowest BCUT2D eigenvalue weighted by Crippen LogP contribution is -2.30. The van der Waals surface area contributed by atoms with Crippen LogP contribution in [0.4, 0.5) is 14.5 Å². The molecule has 94 valence electrons. The maximum Gasteiger partial charge on any atom is 0.170 e. The molecular formula is C12H16F2N2S. The summed E-state index contributed by atoms with van der Waals surface area (Å²) in [6, 6.07) is 3.68. The van der Waals surface area contributed by atoms with Crippen LogP contribution in [0, 0.1) is 11.6 Å². The molecule has 0 saturated heterocycles. The van der Waals surface area contributed by atoms with E-state index >= 15 is 0 Å². The summed E-state index contributed by atoms with van der Waals surface area (Å²) in [5.41, 5.74) is -0.208. The third kappa shape index (κ3) is 4.65. The van der Waals surface area contributed by atoms with Crippen LogP contribution in [0.1, 0.15) is 26.2 Å². The van der Waals surface area contributed by atoms with Gasteiger partial charge in [0.15, 0.2) is 5.11 Å². The molecule has 1 rings (SSSR count). The fourth-order valence-corrected chi connectivity index (χ4v) is 1.56. The zero-order valence-corrected chi connectivity index (χ0v) is 10.5. The fraction of sp³-hybridized carbons (Fsp3) is 0.417. The first-order valence-corrected chi connectivity index (χ1v) is 6.05. The lowest BCUT2D eigenvalue weighted by Gasteiger charge is -2.11. The Morgan fingerprint density at radius 2 is 1.88 bits per heavy atom. The van der Waals surface area contributed by atoms with E-state index in [1.54, 1.807) is 0 Å². The van der Waals surface area contributed by atoms with Gasteiger partial charge in [-0.2, -0.15) is 0 Å². The molecule has 0 unspecified atom stereocenters. The Morgan fingerprint density at radius 3 is 2.47 bits per heavy atom. The van der Waals surface area contributed by atoms with Gasteiger partial charge in [0.05, 0.1) is 0 Å². The Labute approximate surface area is 105 Å². The third-order valence-corrected chi connectivity index (χ3v) is 2.51. The summed E-state index contributed by atoms with van der Waals surface area (Å²) in [5.74, 6) is -1.30. The summed E-state index contributed by atoms with van der Waals surface area (Å²) in [4.78, 5) is 0. The van der Waals surface area contributed by atoms with Gasteiger partial charge >= 0.3 is 0 Å². The molecule has 0 aliphatic rings. The molecule has 5 heteroatoms. The average Bonchev–Trinajstić information content (AvgIpc) is 2.30. The smallest absolute Gasteiger partial charge is 0.170 e. The molecule has 2 N–H and O–H groups in total. The van der Waals surface area contributed by atoms with E-state index in [0.717, 1.165) is 19.3 Å². The van der Waals surface area contributed by atoms with E-state index < -0.39 is 11.6 Å². The Kier molecular flexibility index (Phi) is 5.83. The van der Waals surface area contributed by atoms with Crippen LogP contribution in [0.25, 0.3) is 0 Å². The van der Waals surface area contributed by atoms with E-state index in [-0.39, 0.29) is 10.8 Å². The molecule has 2 nitrogen and oxygen atoms in total. The van der Waals surface area contributed by atoms with E-state index in [1.165, 1.54) is 18.2 Å². The molecule has 0 heterocycles. The molecular weight excluding hydrogens is 242 g/mol. The summed E-state index contributed by atoms with van der Waals surface area (Å²) in [7, 11) is 0. The largest absolute Gasteiger partial charge is 0.362 e. The summed E-state index contributed by atoms with van der Waals surface area (Å²) >= 11 is 4.95. The number of unbranched alkanes of at least 4 members (excludes halogenated alkanes) is 2. The van der Waals surface area contributed by atoms with Crippen molar-refractivity contribution in [2.24, 2.45) is 0 Å². The van der Waals surface area contributed by atoms with Gasteiger partial charge < -0.3 is 10.6 Å². The van der Waals surface area contributed by atoms with E-state index in [9.17, 15) is 8.78 Å². The van der Waals surface area contributed by atoms with Crippen molar-refractivity contribution in [3.05, 3.63) is 29.8 Å². The van der Waals surface area contributed by atoms with Crippen LogP contribution >= 0.6 is 12.2 Å². The number of anilines is 1. The van der Waals surface area contributed by atoms with Crippen molar-refractivity contribution < 1.29 is 8.78 Å². The lowest BCUT2D eigenvalue weighted by molar-refractivity contribution is 0.591. The predicted octanol–water partition coefficient (Wildman–Crippen LogP) is 3.44. The van der Waals surface area contributed by atoms with Gasteiger partial charge in [0.25, 0.3) is 0 Å². The van der Waals surface area contributed by atoms with Crippen molar-refractivity contribution in [1.29, 1.82) is 0 Å². The first-order valence-electron chi connectivity index (χ1n) is 5.64. The molecule has 1 aromatic rings. The fourth-order valence-electron chi connectivity index (χ4n) is 1.35. The van der Waals surface area contributed by atoms with E-state index in [1.807, 2.05) is 0 Å². The van der Waals surface area contributed by atoms with Crippen LogP contribution in [-0.2, 0) is 0 Å². The van der Waals surface area contributed by atoms with Gasteiger partial charge in [0.1, 0.15) is 17.3 Å². The van der Waals surface area contributed by atoms with E-state index in [0.29, 0.717) is 6.54 Å². The monoisotopic (exact) mass is 258 g/mol. The molecule has 0 aliphatic heterocycles. The van der Waals surface area contributed by atoms with E-state index in [2.05, 4.69) is 17.6 Å². The zero-order chi connectivity index (χ0) is 12.7. The van der Waals surface area contributed by atoms with Gasteiger partial charge in [-0.15, -0.1) is 0 Å². The van der Waals surface area contributed by atoms with Crippen LogP contribution in [0.3, 0.4) is 0 Å². The second-order valence-electron chi connectivity index (χ2n) is 3.68. The first-order chi connectivity index (χ1) is 8.15. The number of benzene rings is 1. The third-order valence-electron chi connectivity index (χ3n) is 2.27. The van der Waals surface area contributed by atoms with Gasteiger partial charge in [0.2, 0.25) is 0 Å². The second kappa shape index (κ2) is 7.17. The number of rotatable bonds is 5. The number of hydrogen-bond acceptors (Lipinski definition) is 1. The van der Waals surface area contributed by atoms with Crippen LogP contribution in [0.15, 0.2) is 18.2 Å². The van der Waals surface area contributed by atoms with Crippen molar-refractivity contribution in [2.75, 3.05) is 11.9 Å². The maximum absolute atomic E-state index is 13.3. The molecule has 0 atom stereocenters. The first kappa shape index (κ1) is 13.8. The average molecular weight is 258 g/mol. The molecule has 0 aromatic heterocycles. The number of nitrogens with one attached hydrogen (secondary N) is 2. The van der Waals surface area contributed by atoms with Crippen molar-refractivity contribution in [3.63, 3.8) is 0 Å². The standard InChI is InChI=1S/C12H16F2N2S/c1-2-3-4-8-15-12(17)16-11-9(13)6-5-7-10(11)14/h5-7H,2-4,8H2,1H3,(H2,15,16,17). The van der Waals surface area contributed by atoms with Gasteiger partial charge in [0, 0.05) is 6.54 Å². The van der Waals surface area contributed by atoms with Crippen LogP contribution < -0.4 is 10.6 Å². The normalized spacial score (nSPS) is 10.1. The molecule has 0 bridgehead atoms. The molecule has 0 fully saturated rings. The van der Waals surface area contributed by atoms with Crippen molar-refractivity contribution >= 4 is 23.0 Å². The quantitative estimate of drug-likeness (QED) is 0.625. The van der Waals surface area contributed by atoms with Crippen molar-refractivity contribution in [2.45, 2.75) is 26.2 Å². The van der Waals surface area contributed by atoms with Crippen LogP contribution in [-0.4, -0.2) is 11.7 Å². The Hall–Kier alpha value is -1.23. The van der Waals surface area contributed by atoms with Gasteiger partial charge in [-0.05, 0) is 30.8 Å².